The van der Waals surface area contributed by atoms with Gasteiger partial charge in [0, 0.05) is 0 Å². The number of carbonyl (C=O) groups is 2. The molecular formula is C9H13NO6. The van der Waals surface area contributed by atoms with Gasteiger partial charge in [-0.1, -0.05) is 0 Å². The van der Waals surface area contributed by atoms with E-state index in [0.29, 0.717) is 6.61 Å². The van der Waals surface area contributed by atoms with Crippen LogP contribution in [-0.4, -0.2) is 50.0 Å². The SMILES string of the molecule is COC(=O)C(CO)NC(=O)C1=COCCO1. The zero-order chi connectivity index (χ0) is 12.0. The molecule has 7 heteroatoms. The third kappa shape index (κ3) is 3.13. The van der Waals surface area contributed by atoms with Crippen molar-refractivity contribution in [1.29, 1.82) is 0 Å². The van der Waals surface area contributed by atoms with E-state index in [4.69, 9.17) is 14.6 Å². The van der Waals surface area contributed by atoms with Crippen molar-refractivity contribution in [3.05, 3.63) is 12.0 Å². The Morgan fingerprint density at radius 3 is 2.88 bits per heavy atom. The van der Waals surface area contributed by atoms with E-state index in [2.05, 4.69) is 10.1 Å². The van der Waals surface area contributed by atoms with Crippen molar-refractivity contribution in [1.82, 2.24) is 5.32 Å². The van der Waals surface area contributed by atoms with Crippen LogP contribution in [0.3, 0.4) is 0 Å². The van der Waals surface area contributed by atoms with Crippen LogP contribution in [0.4, 0.5) is 0 Å². The average Bonchev–Trinajstić information content (AvgIpc) is 2.35. The summed E-state index contributed by atoms with van der Waals surface area (Å²) in [5.74, 6) is -1.40. The molecule has 1 amide bonds. The standard InChI is InChI=1S/C9H13NO6/c1-14-9(13)6(4-11)10-8(12)7-5-15-2-3-16-7/h5-6,11H,2-4H2,1H3,(H,10,12). The zero-order valence-corrected chi connectivity index (χ0v) is 8.76. The zero-order valence-electron chi connectivity index (χ0n) is 8.76. The minimum Gasteiger partial charge on any atom is -0.494 e. The van der Waals surface area contributed by atoms with Gasteiger partial charge in [0.15, 0.2) is 6.04 Å². The first kappa shape index (κ1) is 12.3. The lowest BCUT2D eigenvalue weighted by atomic mass is 10.3. The average molecular weight is 231 g/mol. The Kier molecular flexibility index (Phi) is 4.59. The predicted molar refractivity (Wildman–Crippen MR) is 51.0 cm³/mol. The lowest BCUT2D eigenvalue weighted by Crippen LogP contribution is -2.45. The molecule has 1 heterocycles. The summed E-state index contributed by atoms with van der Waals surface area (Å²) in [6, 6.07) is -1.11. The number of esters is 1. The van der Waals surface area contributed by atoms with Crippen LogP contribution in [0.2, 0.25) is 0 Å². The monoisotopic (exact) mass is 231 g/mol. The molecule has 0 aromatic heterocycles. The lowest BCUT2D eigenvalue weighted by Gasteiger charge is -2.18. The second kappa shape index (κ2) is 5.96. The van der Waals surface area contributed by atoms with Crippen molar-refractivity contribution in [2.75, 3.05) is 26.9 Å². The number of hydrogen-bond donors (Lipinski definition) is 2. The van der Waals surface area contributed by atoms with Crippen LogP contribution in [0.15, 0.2) is 12.0 Å². The van der Waals surface area contributed by atoms with Gasteiger partial charge in [-0.3, -0.25) is 4.79 Å². The highest BCUT2D eigenvalue weighted by Gasteiger charge is 2.24. The fourth-order valence-corrected chi connectivity index (χ4v) is 1.04. The van der Waals surface area contributed by atoms with Crippen molar-refractivity contribution in [3.63, 3.8) is 0 Å². The van der Waals surface area contributed by atoms with Crippen molar-refractivity contribution in [2.24, 2.45) is 0 Å². The highest BCUT2D eigenvalue weighted by atomic mass is 16.6. The Morgan fingerprint density at radius 1 is 1.62 bits per heavy atom. The van der Waals surface area contributed by atoms with E-state index in [1.54, 1.807) is 0 Å². The molecule has 0 saturated carbocycles. The molecule has 7 nitrogen and oxygen atoms in total. The van der Waals surface area contributed by atoms with E-state index in [9.17, 15) is 9.59 Å². The maximum absolute atomic E-state index is 11.5. The second-order valence-electron chi connectivity index (χ2n) is 2.93. The van der Waals surface area contributed by atoms with Crippen LogP contribution in [0, 0.1) is 0 Å². The molecule has 0 saturated heterocycles. The number of ether oxygens (including phenoxy) is 3. The number of hydrogen-bond acceptors (Lipinski definition) is 6. The van der Waals surface area contributed by atoms with Crippen LogP contribution >= 0.6 is 0 Å². The summed E-state index contributed by atoms with van der Waals surface area (Å²) >= 11 is 0. The van der Waals surface area contributed by atoms with Crippen LogP contribution in [0.5, 0.6) is 0 Å². The fourth-order valence-electron chi connectivity index (χ4n) is 1.04. The molecule has 0 aromatic carbocycles. The summed E-state index contributed by atoms with van der Waals surface area (Å²) in [5, 5.41) is 11.1. The Balaban J connectivity index is 2.54. The Morgan fingerprint density at radius 2 is 2.38 bits per heavy atom. The van der Waals surface area contributed by atoms with E-state index in [0.717, 1.165) is 13.4 Å². The topological polar surface area (TPSA) is 94.1 Å². The molecule has 0 spiro atoms. The fraction of sp³-hybridized carbons (Fsp3) is 0.556. The van der Waals surface area contributed by atoms with Crippen molar-refractivity contribution in [3.8, 4) is 0 Å². The molecule has 0 radical (unpaired) electrons. The Labute approximate surface area is 92.0 Å². The molecule has 1 aliphatic rings. The second-order valence-corrected chi connectivity index (χ2v) is 2.93. The van der Waals surface area contributed by atoms with Crippen LogP contribution in [0.25, 0.3) is 0 Å². The molecule has 0 aromatic rings. The van der Waals surface area contributed by atoms with Gasteiger partial charge in [0.25, 0.3) is 5.91 Å². The summed E-state index contributed by atoms with van der Waals surface area (Å²) in [6.45, 7) is 0.0883. The van der Waals surface area contributed by atoms with E-state index in [-0.39, 0.29) is 12.4 Å². The highest BCUT2D eigenvalue weighted by Crippen LogP contribution is 2.04. The van der Waals surface area contributed by atoms with Gasteiger partial charge in [-0.2, -0.15) is 0 Å². The van der Waals surface area contributed by atoms with Gasteiger partial charge in [-0.05, 0) is 0 Å². The first-order valence-corrected chi connectivity index (χ1v) is 4.63. The molecule has 0 fully saturated rings. The van der Waals surface area contributed by atoms with Crippen LogP contribution in [0.1, 0.15) is 0 Å². The third-order valence-corrected chi connectivity index (χ3v) is 1.85. The summed E-state index contributed by atoms with van der Waals surface area (Å²) in [6.07, 6.45) is 1.16. The van der Waals surface area contributed by atoms with Gasteiger partial charge in [-0.25, -0.2) is 4.79 Å². The van der Waals surface area contributed by atoms with Crippen LogP contribution in [-0.2, 0) is 23.8 Å². The molecule has 1 rings (SSSR count). The van der Waals surface area contributed by atoms with Gasteiger partial charge in [0.1, 0.15) is 19.5 Å². The number of carbonyl (C=O) groups excluding carboxylic acids is 2. The minimum absolute atomic E-state index is 0.0337. The number of nitrogens with one attached hydrogen (secondary N) is 1. The van der Waals surface area contributed by atoms with Gasteiger partial charge < -0.3 is 24.6 Å². The van der Waals surface area contributed by atoms with Crippen molar-refractivity contribution >= 4 is 11.9 Å². The third-order valence-electron chi connectivity index (χ3n) is 1.85. The van der Waals surface area contributed by atoms with Gasteiger partial charge in [0.2, 0.25) is 5.76 Å². The number of aliphatic hydroxyl groups excluding tert-OH is 1. The van der Waals surface area contributed by atoms with Crippen molar-refractivity contribution in [2.45, 2.75) is 6.04 Å². The molecule has 90 valence electrons. The quantitative estimate of drug-likeness (QED) is 0.573. The van der Waals surface area contributed by atoms with Gasteiger partial charge >= 0.3 is 5.97 Å². The number of amides is 1. The molecule has 2 N–H and O–H groups in total. The Bertz CT molecular complexity index is 300. The molecule has 16 heavy (non-hydrogen) atoms. The highest BCUT2D eigenvalue weighted by molar-refractivity contribution is 5.94. The number of aliphatic hydroxyl groups is 1. The van der Waals surface area contributed by atoms with Gasteiger partial charge in [-0.15, -0.1) is 0 Å². The number of methoxy groups -OCH3 is 1. The summed E-state index contributed by atoms with van der Waals surface area (Å²) in [7, 11) is 1.16. The Hall–Kier alpha value is -1.76. The normalized spacial score (nSPS) is 16.2. The lowest BCUT2D eigenvalue weighted by molar-refractivity contribution is -0.146. The molecule has 1 aliphatic heterocycles. The predicted octanol–water partition coefficient (Wildman–Crippen LogP) is -1.48. The summed E-state index contributed by atoms with van der Waals surface area (Å²) in [4.78, 5) is 22.6. The van der Waals surface area contributed by atoms with E-state index in [1.165, 1.54) is 0 Å². The summed E-state index contributed by atoms with van der Waals surface area (Å²) in [5.41, 5.74) is 0. The van der Waals surface area contributed by atoms with Crippen molar-refractivity contribution < 1.29 is 28.9 Å². The maximum Gasteiger partial charge on any atom is 0.330 e. The van der Waals surface area contributed by atoms with Gasteiger partial charge in [0.05, 0.1) is 13.7 Å². The molecule has 1 unspecified atom stereocenters. The van der Waals surface area contributed by atoms with Crippen LogP contribution < -0.4 is 5.32 Å². The first-order chi connectivity index (χ1) is 7.69. The van der Waals surface area contributed by atoms with E-state index >= 15 is 0 Å². The van der Waals surface area contributed by atoms with E-state index < -0.39 is 24.5 Å². The molecular weight excluding hydrogens is 218 g/mol. The molecule has 0 aliphatic carbocycles. The summed E-state index contributed by atoms with van der Waals surface area (Å²) < 4.78 is 14.3. The molecule has 0 bridgehead atoms. The smallest absolute Gasteiger partial charge is 0.330 e. The van der Waals surface area contributed by atoms with E-state index in [1.807, 2.05) is 0 Å². The maximum atomic E-state index is 11.5. The first-order valence-electron chi connectivity index (χ1n) is 4.63. The number of rotatable bonds is 4. The minimum atomic E-state index is -1.11. The molecule has 1 atom stereocenters. The largest absolute Gasteiger partial charge is 0.494 e.